The molecule has 1 amide bonds. The fraction of sp³-hybridized carbons (Fsp3) is 0.136. The Morgan fingerprint density at radius 2 is 2.06 bits per heavy atom. The number of rotatable bonds is 9. The van der Waals surface area contributed by atoms with Gasteiger partial charge in [0.05, 0.1) is 28.3 Å². The maximum Gasteiger partial charge on any atom is 0.387 e. The molecule has 0 aliphatic rings. The summed E-state index contributed by atoms with van der Waals surface area (Å²) in [4.78, 5) is 31.8. The van der Waals surface area contributed by atoms with Gasteiger partial charge >= 0.3 is 6.61 Å². The average Bonchev–Trinajstić information content (AvgIpc) is 3.44. The summed E-state index contributed by atoms with van der Waals surface area (Å²) in [5, 5.41) is 16.7. The number of nitro benzene ring substituents is 1. The fourth-order valence-electron chi connectivity index (χ4n) is 3.14. The first-order valence-electron chi connectivity index (χ1n) is 10.0. The number of nitro groups is 1. The highest BCUT2D eigenvalue weighted by Crippen LogP contribution is 2.32. The molecule has 2 heterocycles. The highest BCUT2D eigenvalue weighted by Gasteiger charge is 2.18. The van der Waals surface area contributed by atoms with E-state index in [1.54, 1.807) is 28.8 Å². The first-order chi connectivity index (χ1) is 16.8. The Morgan fingerprint density at radius 3 is 2.71 bits per heavy atom. The van der Waals surface area contributed by atoms with Gasteiger partial charge in [0.2, 0.25) is 5.91 Å². The third-order valence-electron chi connectivity index (χ3n) is 4.60. The number of nitrogens with zero attached hydrogens (tertiary/aromatic N) is 4. The average molecular weight is 518 g/mol. The molecule has 0 unspecified atom stereocenters. The van der Waals surface area contributed by atoms with Gasteiger partial charge in [0, 0.05) is 28.8 Å². The van der Waals surface area contributed by atoms with Crippen molar-refractivity contribution >= 4 is 39.8 Å². The van der Waals surface area contributed by atoms with Gasteiger partial charge in [0.1, 0.15) is 5.75 Å². The van der Waals surface area contributed by atoms with Crippen LogP contribution >= 0.6 is 23.1 Å². The lowest BCUT2D eigenvalue weighted by atomic mass is 10.1. The first kappa shape index (κ1) is 24.3. The van der Waals surface area contributed by atoms with Crippen LogP contribution in [0.2, 0.25) is 0 Å². The topological polar surface area (TPSA) is 112 Å². The highest BCUT2D eigenvalue weighted by atomic mass is 32.2. The lowest BCUT2D eigenvalue weighted by Gasteiger charge is -2.13. The van der Waals surface area contributed by atoms with Crippen LogP contribution in [-0.4, -0.2) is 37.7 Å². The number of carbonyl (C=O) groups excluding carboxylic acids is 1. The number of hydrogen-bond donors (Lipinski definition) is 1. The molecule has 4 aromatic rings. The smallest absolute Gasteiger partial charge is 0.387 e. The molecule has 2 aromatic carbocycles. The molecule has 0 spiro atoms. The summed E-state index contributed by atoms with van der Waals surface area (Å²) in [7, 11) is 0. The van der Waals surface area contributed by atoms with Crippen LogP contribution < -0.4 is 10.1 Å². The van der Waals surface area contributed by atoms with Gasteiger partial charge in [-0.05, 0) is 31.2 Å². The maximum absolute atomic E-state index is 12.5. The minimum absolute atomic E-state index is 0.0203. The molecule has 9 nitrogen and oxygen atoms in total. The fourth-order valence-corrected chi connectivity index (χ4v) is 4.64. The molecule has 13 heteroatoms. The number of aromatic nitrogens is 3. The zero-order chi connectivity index (χ0) is 24.9. The van der Waals surface area contributed by atoms with E-state index in [4.69, 9.17) is 0 Å². The number of hydrogen-bond acceptors (Lipinski definition) is 8. The van der Waals surface area contributed by atoms with Crippen LogP contribution in [-0.2, 0) is 4.79 Å². The van der Waals surface area contributed by atoms with Gasteiger partial charge < -0.3 is 10.1 Å². The number of alkyl halides is 2. The lowest BCUT2D eigenvalue weighted by molar-refractivity contribution is -0.384. The van der Waals surface area contributed by atoms with Gasteiger partial charge in [-0.2, -0.15) is 8.78 Å². The van der Waals surface area contributed by atoms with E-state index >= 15 is 0 Å². The molecular weight excluding hydrogens is 500 g/mol. The Balaban J connectivity index is 1.65. The summed E-state index contributed by atoms with van der Waals surface area (Å²) >= 11 is 2.47. The molecule has 0 radical (unpaired) electrons. The van der Waals surface area contributed by atoms with Gasteiger partial charge in [0.25, 0.3) is 5.69 Å². The van der Waals surface area contributed by atoms with E-state index in [2.05, 4.69) is 20.0 Å². The number of anilines is 1. The number of amides is 1. The number of imidazole rings is 1. The van der Waals surface area contributed by atoms with Crippen molar-refractivity contribution in [1.82, 2.24) is 14.5 Å². The van der Waals surface area contributed by atoms with Gasteiger partial charge in [-0.3, -0.25) is 19.5 Å². The first-order valence-corrected chi connectivity index (χ1v) is 11.9. The third-order valence-corrected chi connectivity index (χ3v) is 6.43. The van der Waals surface area contributed by atoms with Crippen molar-refractivity contribution in [2.24, 2.45) is 0 Å². The molecule has 0 atom stereocenters. The Hall–Kier alpha value is -3.84. The van der Waals surface area contributed by atoms with Gasteiger partial charge in [-0.25, -0.2) is 9.97 Å². The molecule has 35 heavy (non-hydrogen) atoms. The molecule has 2 aromatic heterocycles. The van der Waals surface area contributed by atoms with Crippen LogP contribution in [0.3, 0.4) is 0 Å². The predicted molar refractivity (Wildman–Crippen MR) is 128 cm³/mol. The Bertz CT molecular complexity index is 1360. The number of thioether (sulfide) groups is 1. The van der Waals surface area contributed by atoms with Crippen LogP contribution in [0.5, 0.6) is 5.75 Å². The lowest BCUT2D eigenvalue weighted by Crippen LogP contribution is -2.14. The number of ether oxygens (including phenoxy) is 1. The van der Waals surface area contributed by atoms with Crippen molar-refractivity contribution in [3.8, 4) is 22.7 Å². The number of carbonyl (C=O) groups is 1. The van der Waals surface area contributed by atoms with Gasteiger partial charge in [0.15, 0.2) is 10.3 Å². The number of benzene rings is 2. The third kappa shape index (κ3) is 6.00. The maximum atomic E-state index is 12.5. The Kier molecular flexibility index (Phi) is 7.36. The molecule has 0 fully saturated rings. The number of thiazole rings is 1. The number of aryl methyl sites for hydroxylation is 1. The molecule has 4 rings (SSSR count). The summed E-state index contributed by atoms with van der Waals surface area (Å²) in [5.41, 5.74) is 2.30. The van der Waals surface area contributed by atoms with E-state index in [1.165, 1.54) is 41.8 Å². The summed E-state index contributed by atoms with van der Waals surface area (Å²) in [6.07, 6.45) is 1.53. The van der Waals surface area contributed by atoms with Gasteiger partial charge in [-0.15, -0.1) is 11.3 Å². The molecule has 0 saturated heterocycles. The standard InChI is InChI=1S/C22H17F2N5O4S2/c1-13-11-34-21(26-13)27-19(30)12-35-22-25-10-18(14-3-2-4-16(9-14)29(31)32)28(22)15-5-7-17(8-6-15)33-20(23)24/h2-11,20H,12H2,1H3,(H,26,27,30). The van der Waals surface area contributed by atoms with Crippen LogP contribution in [0.4, 0.5) is 19.6 Å². The van der Waals surface area contributed by atoms with E-state index in [-0.39, 0.29) is 23.1 Å². The molecule has 180 valence electrons. The SMILES string of the molecule is Cc1csc(NC(=O)CSc2ncc(-c3cccc([N+](=O)[O-])c3)n2-c2ccc(OC(F)F)cc2)n1. The molecule has 0 bridgehead atoms. The van der Waals surface area contributed by atoms with Crippen LogP contribution in [0.15, 0.2) is 65.3 Å². The van der Waals surface area contributed by atoms with Crippen LogP contribution in [0, 0.1) is 17.0 Å². The number of nitrogens with one attached hydrogen (secondary N) is 1. The van der Waals surface area contributed by atoms with Crippen molar-refractivity contribution in [2.75, 3.05) is 11.1 Å². The van der Waals surface area contributed by atoms with Crippen molar-refractivity contribution in [3.05, 3.63) is 75.9 Å². The van der Waals surface area contributed by atoms with Crippen molar-refractivity contribution < 1.29 is 23.2 Å². The Labute approximate surface area is 205 Å². The largest absolute Gasteiger partial charge is 0.435 e. The summed E-state index contributed by atoms with van der Waals surface area (Å²) in [6.45, 7) is -1.13. The molecule has 0 aliphatic heterocycles. The zero-order valence-electron chi connectivity index (χ0n) is 18.1. The Morgan fingerprint density at radius 1 is 1.29 bits per heavy atom. The molecule has 1 N–H and O–H groups in total. The molecular formula is C22H17F2N5O4S2. The second-order valence-corrected chi connectivity index (χ2v) is 8.87. The zero-order valence-corrected chi connectivity index (χ0v) is 19.7. The minimum atomic E-state index is -2.96. The van der Waals surface area contributed by atoms with E-state index < -0.39 is 11.5 Å². The van der Waals surface area contributed by atoms with Crippen molar-refractivity contribution in [3.63, 3.8) is 0 Å². The highest BCUT2D eigenvalue weighted by molar-refractivity contribution is 7.99. The van der Waals surface area contributed by atoms with E-state index in [0.717, 1.165) is 17.5 Å². The summed E-state index contributed by atoms with van der Waals surface area (Å²) in [5.74, 6) is -0.277. The molecule has 0 saturated carbocycles. The summed E-state index contributed by atoms with van der Waals surface area (Å²) < 4.78 is 31.2. The number of non-ortho nitro benzene ring substituents is 1. The minimum Gasteiger partial charge on any atom is -0.435 e. The van der Waals surface area contributed by atoms with E-state index in [9.17, 15) is 23.7 Å². The van der Waals surface area contributed by atoms with Crippen LogP contribution in [0.1, 0.15) is 5.69 Å². The van der Waals surface area contributed by atoms with Crippen molar-refractivity contribution in [1.29, 1.82) is 0 Å². The monoisotopic (exact) mass is 517 g/mol. The quantitative estimate of drug-likeness (QED) is 0.176. The van der Waals surface area contributed by atoms with E-state index in [0.29, 0.717) is 27.2 Å². The molecule has 0 aliphatic carbocycles. The van der Waals surface area contributed by atoms with Crippen molar-refractivity contribution in [2.45, 2.75) is 18.7 Å². The second-order valence-electron chi connectivity index (χ2n) is 7.07. The van der Waals surface area contributed by atoms with Crippen LogP contribution in [0.25, 0.3) is 16.9 Å². The normalized spacial score (nSPS) is 11.0. The predicted octanol–water partition coefficient (Wildman–Crippen LogP) is 5.54. The van der Waals surface area contributed by atoms with E-state index in [1.807, 2.05) is 12.3 Å². The van der Waals surface area contributed by atoms with Gasteiger partial charge in [-0.1, -0.05) is 23.9 Å². The second kappa shape index (κ2) is 10.6. The summed E-state index contributed by atoms with van der Waals surface area (Å²) in [6, 6.07) is 11.9. The number of halogens is 2.